The maximum Gasteiger partial charge on any atom is 0.328 e. The Morgan fingerprint density at radius 1 is 1.24 bits per heavy atom. The van der Waals surface area contributed by atoms with Gasteiger partial charge in [0.25, 0.3) is 0 Å². The minimum absolute atomic E-state index is 0.263. The summed E-state index contributed by atoms with van der Waals surface area (Å²) in [4.78, 5) is 16.8. The highest BCUT2D eigenvalue weighted by Crippen LogP contribution is 2.28. The molecule has 2 aromatic carbocycles. The third kappa shape index (κ3) is 3.45. The number of hydrogen-bond donors (Lipinski definition) is 1. The largest absolute Gasteiger partial charge is 0.464 e. The number of nitrogens with one attached hydrogen (secondary N) is 1. The second-order valence-corrected chi connectivity index (χ2v) is 6.21. The highest BCUT2D eigenvalue weighted by Gasteiger charge is 2.19. The molecule has 0 fully saturated rings. The van der Waals surface area contributed by atoms with E-state index in [4.69, 9.17) is 9.72 Å². The van der Waals surface area contributed by atoms with Gasteiger partial charge in [-0.25, -0.2) is 9.78 Å². The molecule has 0 spiro atoms. The minimum atomic E-state index is -0.441. The van der Waals surface area contributed by atoms with Crippen molar-refractivity contribution in [2.24, 2.45) is 0 Å². The van der Waals surface area contributed by atoms with E-state index < -0.39 is 6.04 Å². The first-order chi connectivity index (χ1) is 12.2. The van der Waals surface area contributed by atoms with Gasteiger partial charge in [-0.3, -0.25) is 0 Å². The van der Waals surface area contributed by atoms with Gasteiger partial charge in [-0.2, -0.15) is 0 Å². The lowest BCUT2D eigenvalue weighted by Gasteiger charge is -2.15. The Labute approximate surface area is 148 Å². The predicted molar refractivity (Wildman–Crippen MR) is 102 cm³/mol. The summed E-state index contributed by atoms with van der Waals surface area (Å²) in [6.07, 6.45) is 2.15. The number of nitrogens with zero attached hydrogens (tertiary/aromatic N) is 2. The van der Waals surface area contributed by atoms with Crippen LogP contribution in [0.5, 0.6) is 0 Å². The number of imidazole rings is 1. The summed E-state index contributed by atoms with van der Waals surface area (Å²) >= 11 is 0. The van der Waals surface area contributed by atoms with Gasteiger partial charge in [-0.1, -0.05) is 43.7 Å². The number of unbranched alkanes of at least 4 members (excludes halogenated alkanes) is 1. The van der Waals surface area contributed by atoms with Gasteiger partial charge >= 0.3 is 5.97 Å². The highest BCUT2D eigenvalue weighted by molar-refractivity contribution is 6.05. The van der Waals surface area contributed by atoms with Gasteiger partial charge in [0, 0.05) is 11.9 Å². The third-order valence-corrected chi connectivity index (χ3v) is 4.36. The molecule has 0 bridgehead atoms. The molecule has 0 aliphatic carbocycles. The predicted octanol–water partition coefficient (Wildman–Crippen LogP) is 4.35. The van der Waals surface area contributed by atoms with Gasteiger partial charge in [-0.05, 0) is 31.7 Å². The van der Waals surface area contributed by atoms with E-state index in [1.807, 2.05) is 19.1 Å². The number of aryl methyl sites for hydroxylation is 1. The van der Waals surface area contributed by atoms with Gasteiger partial charge in [-0.15, -0.1) is 0 Å². The number of benzene rings is 2. The lowest BCUT2D eigenvalue weighted by atomic mass is 10.1. The lowest BCUT2D eigenvalue weighted by molar-refractivity contribution is -0.143. The maximum absolute atomic E-state index is 12.0. The Balaban J connectivity index is 2.06. The van der Waals surface area contributed by atoms with E-state index in [0.717, 1.165) is 41.8 Å². The van der Waals surface area contributed by atoms with Crippen molar-refractivity contribution in [3.05, 3.63) is 36.4 Å². The van der Waals surface area contributed by atoms with Crippen LogP contribution in [0.2, 0.25) is 0 Å². The number of rotatable bonds is 7. The Morgan fingerprint density at radius 3 is 2.80 bits per heavy atom. The van der Waals surface area contributed by atoms with Crippen LogP contribution in [0.4, 0.5) is 5.95 Å². The smallest absolute Gasteiger partial charge is 0.328 e. The number of hydrogen-bond acceptors (Lipinski definition) is 4. The van der Waals surface area contributed by atoms with Crippen LogP contribution in [0.15, 0.2) is 36.4 Å². The molecule has 3 aromatic rings. The van der Waals surface area contributed by atoms with Crippen LogP contribution in [0.3, 0.4) is 0 Å². The second kappa shape index (κ2) is 7.55. The molecule has 1 N–H and O–H groups in total. The van der Waals surface area contributed by atoms with Crippen molar-refractivity contribution in [3.63, 3.8) is 0 Å². The van der Waals surface area contributed by atoms with E-state index in [0.29, 0.717) is 6.61 Å². The van der Waals surface area contributed by atoms with Crippen molar-refractivity contribution in [2.75, 3.05) is 11.9 Å². The molecule has 5 nitrogen and oxygen atoms in total. The van der Waals surface area contributed by atoms with Crippen LogP contribution in [0, 0.1) is 0 Å². The summed E-state index contributed by atoms with van der Waals surface area (Å²) < 4.78 is 7.27. The molecule has 0 radical (unpaired) electrons. The van der Waals surface area contributed by atoms with E-state index in [9.17, 15) is 4.79 Å². The van der Waals surface area contributed by atoms with Crippen molar-refractivity contribution in [2.45, 2.75) is 46.2 Å². The monoisotopic (exact) mass is 339 g/mol. The number of esters is 1. The van der Waals surface area contributed by atoms with Crippen molar-refractivity contribution in [3.8, 4) is 0 Å². The molecular formula is C20H25N3O2. The zero-order chi connectivity index (χ0) is 17.8. The van der Waals surface area contributed by atoms with Gasteiger partial charge in [0.2, 0.25) is 5.95 Å². The van der Waals surface area contributed by atoms with Crippen LogP contribution in [-0.4, -0.2) is 28.2 Å². The fraction of sp³-hybridized carbons (Fsp3) is 0.400. The molecule has 1 heterocycles. The molecule has 0 unspecified atom stereocenters. The quantitative estimate of drug-likeness (QED) is 0.650. The van der Waals surface area contributed by atoms with E-state index in [-0.39, 0.29) is 5.97 Å². The molecule has 1 atom stereocenters. The van der Waals surface area contributed by atoms with Crippen molar-refractivity contribution >= 4 is 33.7 Å². The van der Waals surface area contributed by atoms with Gasteiger partial charge in [0.15, 0.2) is 0 Å². The average molecular weight is 339 g/mol. The van der Waals surface area contributed by atoms with Crippen LogP contribution >= 0.6 is 0 Å². The summed E-state index contributed by atoms with van der Waals surface area (Å²) in [7, 11) is 0. The van der Waals surface area contributed by atoms with Crippen LogP contribution in [0.1, 0.15) is 33.6 Å². The van der Waals surface area contributed by atoms with Crippen LogP contribution < -0.4 is 5.32 Å². The zero-order valence-electron chi connectivity index (χ0n) is 15.1. The Kier molecular flexibility index (Phi) is 5.22. The summed E-state index contributed by atoms with van der Waals surface area (Å²) in [6.45, 7) is 7.03. The van der Waals surface area contributed by atoms with E-state index in [1.165, 1.54) is 5.39 Å². The summed E-state index contributed by atoms with van der Waals surface area (Å²) in [6, 6.07) is 12.0. The van der Waals surface area contributed by atoms with Crippen LogP contribution in [-0.2, 0) is 16.1 Å². The first-order valence-electron chi connectivity index (χ1n) is 8.96. The second-order valence-electron chi connectivity index (χ2n) is 6.21. The molecule has 0 aliphatic rings. The molecule has 132 valence electrons. The third-order valence-electron chi connectivity index (χ3n) is 4.36. The Morgan fingerprint density at radius 2 is 2.04 bits per heavy atom. The van der Waals surface area contributed by atoms with Gasteiger partial charge in [0.1, 0.15) is 6.04 Å². The molecule has 5 heteroatoms. The molecule has 3 rings (SSSR count). The van der Waals surface area contributed by atoms with E-state index in [2.05, 4.69) is 41.1 Å². The first kappa shape index (κ1) is 17.3. The maximum atomic E-state index is 12.0. The number of carbonyl (C=O) groups is 1. The normalized spacial score (nSPS) is 12.4. The molecule has 25 heavy (non-hydrogen) atoms. The summed E-state index contributed by atoms with van der Waals surface area (Å²) in [5.41, 5.74) is 2.05. The van der Waals surface area contributed by atoms with Crippen molar-refractivity contribution in [1.29, 1.82) is 0 Å². The molecule has 1 aromatic heterocycles. The SMILES string of the molecule is CCCCn1c(N[C@@H](C)C(=O)OCC)nc2c3ccccc3ccc21. The number of ether oxygens (including phenoxy) is 1. The average Bonchev–Trinajstić information content (AvgIpc) is 2.97. The fourth-order valence-corrected chi connectivity index (χ4v) is 3.03. The van der Waals surface area contributed by atoms with Crippen LogP contribution in [0.25, 0.3) is 21.8 Å². The number of carbonyl (C=O) groups excluding carboxylic acids is 1. The molecule has 0 saturated carbocycles. The summed E-state index contributed by atoms with van der Waals surface area (Å²) in [5, 5.41) is 5.53. The van der Waals surface area contributed by atoms with Crippen molar-refractivity contribution < 1.29 is 9.53 Å². The zero-order valence-corrected chi connectivity index (χ0v) is 15.1. The van der Waals surface area contributed by atoms with E-state index >= 15 is 0 Å². The first-order valence-corrected chi connectivity index (χ1v) is 8.96. The number of fused-ring (bicyclic) bond motifs is 3. The van der Waals surface area contributed by atoms with E-state index in [1.54, 1.807) is 6.92 Å². The van der Waals surface area contributed by atoms with Crippen molar-refractivity contribution in [1.82, 2.24) is 9.55 Å². The lowest BCUT2D eigenvalue weighted by Crippen LogP contribution is -2.29. The highest BCUT2D eigenvalue weighted by atomic mass is 16.5. The van der Waals surface area contributed by atoms with Gasteiger partial charge in [0.05, 0.1) is 17.6 Å². The molecule has 0 saturated heterocycles. The Bertz CT molecular complexity index is 885. The topological polar surface area (TPSA) is 56.2 Å². The standard InChI is InChI=1S/C20H25N3O2/c1-4-6-13-23-17-12-11-15-9-7-8-10-16(15)18(17)22-20(23)21-14(3)19(24)25-5-2/h7-12,14H,4-6,13H2,1-3H3,(H,21,22)/t14-/m0/s1. The number of anilines is 1. The molecule has 0 aliphatic heterocycles. The van der Waals surface area contributed by atoms with Gasteiger partial charge < -0.3 is 14.6 Å². The Hall–Kier alpha value is -2.56. The molecule has 0 amide bonds. The number of aromatic nitrogens is 2. The fourth-order valence-electron chi connectivity index (χ4n) is 3.03. The summed E-state index contributed by atoms with van der Waals surface area (Å²) in [5.74, 6) is 0.460. The minimum Gasteiger partial charge on any atom is -0.464 e. The molecular weight excluding hydrogens is 314 g/mol.